The number of rotatable bonds is 4. The molecule has 2 nitrogen and oxygen atoms in total. The molecular weight excluding hydrogens is 218 g/mol. The Hall–Kier alpha value is -0.540. The lowest BCUT2D eigenvalue weighted by Crippen LogP contribution is -2.29. The monoisotopic (exact) mass is 231 g/mol. The lowest BCUT2D eigenvalue weighted by atomic mass is 10.2. The quantitative estimate of drug-likeness (QED) is 0.848. The zero-order valence-electron chi connectivity index (χ0n) is 8.34. The molecule has 0 atom stereocenters. The van der Waals surface area contributed by atoms with Crippen LogP contribution < -0.4 is 5.32 Å². The molecule has 1 heterocycles. The first-order valence-corrected chi connectivity index (χ1v) is 5.81. The summed E-state index contributed by atoms with van der Waals surface area (Å²) in [6, 6.07) is 3.88. The Bertz CT molecular complexity index is 309. The van der Waals surface area contributed by atoms with Crippen molar-refractivity contribution >= 4 is 28.8 Å². The topological polar surface area (TPSA) is 29.1 Å². The Kier molecular flexibility index (Phi) is 4.42. The third-order valence-electron chi connectivity index (χ3n) is 1.82. The highest BCUT2D eigenvalue weighted by Gasteiger charge is 2.05. The van der Waals surface area contributed by atoms with Crippen LogP contribution in [0.2, 0.25) is 4.34 Å². The molecule has 4 heteroatoms. The lowest BCUT2D eigenvalue weighted by molar-refractivity contribution is -0.123. The van der Waals surface area contributed by atoms with E-state index in [0.717, 1.165) is 10.8 Å². The minimum atomic E-state index is 0.0573. The van der Waals surface area contributed by atoms with Gasteiger partial charge in [-0.3, -0.25) is 4.79 Å². The summed E-state index contributed by atoms with van der Waals surface area (Å²) < 4.78 is 0.801. The number of thiophene rings is 1. The molecule has 0 fully saturated rings. The second kappa shape index (κ2) is 5.37. The standard InChI is InChI=1S/C10H14ClNOS/c1-7(2)10(13)12-6-5-8-3-4-9(11)14-8/h3-4,7H,5-6H2,1-2H3,(H,12,13). The van der Waals surface area contributed by atoms with Gasteiger partial charge in [0.2, 0.25) is 5.91 Å². The van der Waals surface area contributed by atoms with Gasteiger partial charge in [0.05, 0.1) is 4.34 Å². The van der Waals surface area contributed by atoms with Crippen molar-refractivity contribution in [2.24, 2.45) is 5.92 Å². The van der Waals surface area contributed by atoms with Gasteiger partial charge in [-0.1, -0.05) is 25.4 Å². The number of nitrogens with one attached hydrogen (secondary N) is 1. The number of amides is 1. The van der Waals surface area contributed by atoms with Gasteiger partial charge in [-0.15, -0.1) is 11.3 Å². The molecule has 1 aromatic heterocycles. The van der Waals surface area contributed by atoms with Gasteiger partial charge >= 0.3 is 0 Å². The molecule has 0 aliphatic heterocycles. The van der Waals surface area contributed by atoms with E-state index in [4.69, 9.17) is 11.6 Å². The van der Waals surface area contributed by atoms with E-state index in [9.17, 15) is 4.79 Å². The van der Waals surface area contributed by atoms with Gasteiger partial charge in [0.25, 0.3) is 0 Å². The molecule has 0 aromatic carbocycles. The highest BCUT2D eigenvalue weighted by molar-refractivity contribution is 7.16. The smallest absolute Gasteiger partial charge is 0.222 e. The summed E-state index contributed by atoms with van der Waals surface area (Å²) in [5.74, 6) is 0.162. The third-order valence-corrected chi connectivity index (χ3v) is 3.11. The van der Waals surface area contributed by atoms with Gasteiger partial charge in [-0.25, -0.2) is 0 Å². The SMILES string of the molecule is CC(C)C(=O)NCCc1ccc(Cl)s1. The molecule has 0 aliphatic rings. The number of carbonyl (C=O) groups is 1. The van der Waals surface area contributed by atoms with E-state index < -0.39 is 0 Å². The van der Waals surface area contributed by atoms with Crippen molar-refractivity contribution in [3.05, 3.63) is 21.3 Å². The van der Waals surface area contributed by atoms with Gasteiger partial charge in [-0.2, -0.15) is 0 Å². The van der Waals surface area contributed by atoms with Gasteiger partial charge in [0.15, 0.2) is 0 Å². The molecule has 0 radical (unpaired) electrons. The Morgan fingerprint density at radius 3 is 2.79 bits per heavy atom. The summed E-state index contributed by atoms with van der Waals surface area (Å²) in [7, 11) is 0. The van der Waals surface area contributed by atoms with Crippen LogP contribution in [0.5, 0.6) is 0 Å². The van der Waals surface area contributed by atoms with Crippen molar-refractivity contribution in [1.82, 2.24) is 5.32 Å². The minimum absolute atomic E-state index is 0.0573. The Balaban J connectivity index is 2.25. The van der Waals surface area contributed by atoms with Crippen LogP contribution in [-0.4, -0.2) is 12.5 Å². The number of halogens is 1. The fourth-order valence-corrected chi connectivity index (χ4v) is 2.09. The zero-order chi connectivity index (χ0) is 10.6. The van der Waals surface area contributed by atoms with Crippen LogP contribution in [-0.2, 0) is 11.2 Å². The molecule has 0 spiro atoms. The van der Waals surface area contributed by atoms with Gasteiger partial charge in [-0.05, 0) is 18.6 Å². The number of hydrogen-bond acceptors (Lipinski definition) is 2. The second-order valence-corrected chi connectivity index (χ2v) is 5.20. The van der Waals surface area contributed by atoms with E-state index in [-0.39, 0.29) is 11.8 Å². The van der Waals surface area contributed by atoms with E-state index >= 15 is 0 Å². The fourth-order valence-electron chi connectivity index (χ4n) is 0.999. The normalized spacial score (nSPS) is 10.6. The van der Waals surface area contributed by atoms with Crippen molar-refractivity contribution in [1.29, 1.82) is 0 Å². The summed E-state index contributed by atoms with van der Waals surface area (Å²) in [5.41, 5.74) is 0. The molecular formula is C10H14ClNOS. The minimum Gasteiger partial charge on any atom is -0.356 e. The molecule has 0 unspecified atom stereocenters. The maximum Gasteiger partial charge on any atom is 0.222 e. The van der Waals surface area contributed by atoms with Crippen LogP contribution in [0.15, 0.2) is 12.1 Å². The van der Waals surface area contributed by atoms with Crippen LogP contribution in [0.25, 0.3) is 0 Å². The second-order valence-electron chi connectivity index (χ2n) is 3.40. The molecule has 1 rings (SSSR count). The Morgan fingerprint density at radius 2 is 2.29 bits per heavy atom. The van der Waals surface area contributed by atoms with Crippen molar-refractivity contribution in [3.8, 4) is 0 Å². The zero-order valence-corrected chi connectivity index (χ0v) is 9.91. The maximum atomic E-state index is 11.2. The summed E-state index contributed by atoms with van der Waals surface area (Å²) in [6.45, 7) is 4.46. The molecule has 1 N–H and O–H groups in total. The average molecular weight is 232 g/mol. The summed E-state index contributed by atoms with van der Waals surface area (Å²) in [4.78, 5) is 12.4. The Morgan fingerprint density at radius 1 is 1.57 bits per heavy atom. The van der Waals surface area contributed by atoms with Crippen molar-refractivity contribution in [2.45, 2.75) is 20.3 Å². The molecule has 1 aromatic rings. The molecule has 78 valence electrons. The highest BCUT2D eigenvalue weighted by atomic mass is 35.5. The third kappa shape index (κ3) is 3.68. The number of hydrogen-bond donors (Lipinski definition) is 1. The van der Waals surface area contributed by atoms with Crippen LogP contribution >= 0.6 is 22.9 Å². The van der Waals surface area contributed by atoms with E-state index in [2.05, 4.69) is 5.32 Å². The molecule has 1 amide bonds. The maximum absolute atomic E-state index is 11.2. The Labute approximate surface area is 93.3 Å². The first-order chi connectivity index (χ1) is 6.59. The molecule has 0 saturated heterocycles. The van der Waals surface area contributed by atoms with E-state index in [1.807, 2.05) is 26.0 Å². The molecule has 0 aliphatic carbocycles. The van der Waals surface area contributed by atoms with E-state index in [1.54, 1.807) is 11.3 Å². The van der Waals surface area contributed by atoms with Crippen LogP contribution in [0.4, 0.5) is 0 Å². The van der Waals surface area contributed by atoms with Gasteiger partial charge < -0.3 is 5.32 Å². The molecule has 0 bridgehead atoms. The predicted octanol–water partition coefficient (Wildman–Crippen LogP) is 2.72. The molecule has 0 saturated carbocycles. The summed E-state index contributed by atoms with van der Waals surface area (Å²) in [5, 5.41) is 2.86. The first-order valence-electron chi connectivity index (χ1n) is 4.61. The fraction of sp³-hybridized carbons (Fsp3) is 0.500. The lowest BCUT2D eigenvalue weighted by Gasteiger charge is -2.05. The summed E-state index contributed by atoms with van der Waals surface area (Å²) in [6.07, 6.45) is 0.857. The van der Waals surface area contributed by atoms with Crippen LogP contribution in [0, 0.1) is 5.92 Å². The average Bonchev–Trinajstić information content (AvgIpc) is 2.51. The predicted molar refractivity (Wildman–Crippen MR) is 60.9 cm³/mol. The molecule has 14 heavy (non-hydrogen) atoms. The van der Waals surface area contributed by atoms with Gasteiger partial charge in [0, 0.05) is 17.3 Å². The number of carbonyl (C=O) groups excluding carboxylic acids is 1. The van der Waals surface area contributed by atoms with Crippen LogP contribution in [0.3, 0.4) is 0 Å². The van der Waals surface area contributed by atoms with Crippen molar-refractivity contribution in [3.63, 3.8) is 0 Å². The van der Waals surface area contributed by atoms with Crippen molar-refractivity contribution < 1.29 is 4.79 Å². The largest absolute Gasteiger partial charge is 0.356 e. The summed E-state index contributed by atoms with van der Waals surface area (Å²) >= 11 is 7.35. The van der Waals surface area contributed by atoms with Crippen molar-refractivity contribution in [2.75, 3.05) is 6.54 Å². The van der Waals surface area contributed by atoms with Gasteiger partial charge in [0.1, 0.15) is 0 Å². The first kappa shape index (κ1) is 11.5. The highest BCUT2D eigenvalue weighted by Crippen LogP contribution is 2.21. The van der Waals surface area contributed by atoms with Crippen LogP contribution in [0.1, 0.15) is 18.7 Å². The van der Waals surface area contributed by atoms with E-state index in [0.29, 0.717) is 6.54 Å². The van der Waals surface area contributed by atoms with E-state index in [1.165, 1.54) is 4.88 Å².